The largest absolute Gasteiger partial charge is 0.469 e. The molecule has 0 bridgehead atoms. The zero-order valence-corrected chi connectivity index (χ0v) is 11.6. The van der Waals surface area contributed by atoms with Gasteiger partial charge in [-0.25, -0.2) is 9.59 Å². The number of H-pyrrole nitrogens is 1. The average Bonchev–Trinajstić information content (AvgIpc) is 2.45. The second-order valence-corrected chi connectivity index (χ2v) is 4.36. The van der Waals surface area contributed by atoms with Crippen LogP contribution in [0.25, 0.3) is 11.1 Å². The third-order valence-corrected chi connectivity index (χ3v) is 3.12. The number of aryl methyl sites for hydroxylation is 1. The number of esters is 1. The number of hydrogen-bond acceptors (Lipinski definition) is 6. The number of rotatable bonds is 4. The zero-order chi connectivity index (χ0) is 15.6. The van der Waals surface area contributed by atoms with E-state index >= 15 is 0 Å². The molecule has 2 aromatic rings. The number of hydrogen-bond donors (Lipinski definition) is 1. The minimum Gasteiger partial charge on any atom is -0.469 e. The summed E-state index contributed by atoms with van der Waals surface area (Å²) < 4.78 is 10.2. The van der Waals surface area contributed by atoms with Crippen molar-refractivity contribution in [3.05, 3.63) is 42.9 Å². The molecule has 8 heteroatoms. The molecule has 0 atom stereocenters. The highest BCUT2D eigenvalue weighted by Crippen LogP contribution is 2.09. The van der Waals surface area contributed by atoms with Crippen LogP contribution >= 0.6 is 0 Å². The Kier molecular flexibility index (Phi) is 4.06. The Hall–Kier alpha value is -2.64. The molecular formula is C13H14N2O6. The first-order valence-corrected chi connectivity index (χ1v) is 6.34. The Morgan fingerprint density at radius 2 is 2.10 bits per heavy atom. The second-order valence-electron chi connectivity index (χ2n) is 4.36. The molecule has 0 amide bonds. The summed E-state index contributed by atoms with van der Waals surface area (Å²) in [7, 11) is 1.22. The molecule has 0 radical (unpaired) electrons. The standard InChI is InChI=1S/C13H14N2O6/c1-3-7-6-9(17)21-11-10(7)12(18)15(13(19)14-11)5-4-8(16)20-2/h6H,3-5H2,1-2H3,(H,14,19). The predicted octanol–water partition coefficient (Wildman–Crippen LogP) is -0.232. The smallest absolute Gasteiger partial charge is 0.337 e. The molecule has 0 saturated heterocycles. The van der Waals surface area contributed by atoms with Gasteiger partial charge in [0.05, 0.1) is 13.5 Å². The van der Waals surface area contributed by atoms with Gasteiger partial charge in [-0.3, -0.25) is 19.1 Å². The number of ether oxygens (including phenoxy) is 1. The number of nitrogens with one attached hydrogen (secondary N) is 1. The van der Waals surface area contributed by atoms with Crippen LogP contribution in [0.2, 0.25) is 0 Å². The molecule has 1 N–H and O–H groups in total. The van der Waals surface area contributed by atoms with Crippen LogP contribution in [0.4, 0.5) is 0 Å². The highest BCUT2D eigenvalue weighted by atomic mass is 16.5. The Balaban J connectivity index is 2.66. The van der Waals surface area contributed by atoms with Gasteiger partial charge in [0.25, 0.3) is 5.56 Å². The van der Waals surface area contributed by atoms with Crippen molar-refractivity contribution in [3.8, 4) is 0 Å². The van der Waals surface area contributed by atoms with Crippen molar-refractivity contribution in [2.75, 3.05) is 7.11 Å². The fourth-order valence-corrected chi connectivity index (χ4v) is 2.04. The first-order valence-electron chi connectivity index (χ1n) is 6.34. The fourth-order valence-electron chi connectivity index (χ4n) is 2.04. The number of aromatic amines is 1. The topological polar surface area (TPSA) is 111 Å². The quantitative estimate of drug-likeness (QED) is 0.779. The van der Waals surface area contributed by atoms with E-state index in [1.165, 1.54) is 13.2 Å². The van der Waals surface area contributed by atoms with Crippen LogP contribution in [-0.2, 0) is 22.5 Å². The normalized spacial score (nSPS) is 10.8. The van der Waals surface area contributed by atoms with E-state index in [2.05, 4.69) is 9.72 Å². The van der Waals surface area contributed by atoms with E-state index in [0.717, 1.165) is 4.57 Å². The van der Waals surface area contributed by atoms with Crippen LogP contribution in [0.15, 0.2) is 24.9 Å². The summed E-state index contributed by atoms with van der Waals surface area (Å²) >= 11 is 0. The van der Waals surface area contributed by atoms with Crippen molar-refractivity contribution < 1.29 is 13.9 Å². The lowest BCUT2D eigenvalue weighted by atomic mass is 10.1. The summed E-state index contributed by atoms with van der Waals surface area (Å²) in [4.78, 5) is 49.1. The summed E-state index contributed by atoms with van der Waals surface area (Å²) in [6.07, 6.45) is 0.323. The van der Waals surface area contributed by atoms with Crippen molar-refractivity contribution in [2.24, 2.45) is 0 Å². The van der Waals surface area contributed by atoms with E-state index in [1.807, 2.05) is 0 Å². The fraction of sp³-hybridized carbons (Fsp3) is 0.385. The van der Waals surface area contributed by atoms with Gasteiger partial charge >= 0.3 is 17.3 Å². The number of methoxy groups -OCH3 is 1. The summed E-state index contributed by atoms with van der Waals surface area (Å²) in [6.45, 7) is 1.66. The van der Waals surface area contributed by atoms with E-state index in [9.17, 15) is 19.2 Å². The van der Waals surface area contributed by atoms with Gasteiger partial charge in [0.15, 0.2) is 0 Å². The van der Waals surface area contributed by atoms with Gasteiger partial charge in [0.2, 0.25) is 5.71 Å². The molecule has 2 heterocycles. The van der Waals surface area contributed by atoms with Gasteiger partial charge in [0, 0.05) is 12.6 Å². The monoisotopic (exact) mass is 294 g/mol. The molecule has 112 valence electrons. The van der Waals surface area contributed by atoms with E-state index in [4.69, 9.17) is 4.42 Å². The van der Waals surface area contributed by atoms with Gasteiger partial charge in [-0.1, -0.05) is 6.92 Å². The highest BCUT2D eigenvalue weighted by Gasteiger charge is 2.14. The number of nitrogens with zero attached hydrogens (tertiary/aromatic N) is 1. The lowest BCUT2D eigenvalue weighted by molar-refractivity contribution is -0.140. The lowest BCUT2D eigenvalue weighted by Crippen LogP contribution is -2.36. The number of fused-ring (bicyclic) bond motifs is 1. The summed E-state index contributed by atoms with van der Waals surface area (Å²) in [5, 5.41) is 0.140. The molecule has 2 rings (SSSR count). The first kappa shape index (κ1) is 14.8. The third kappa shape index (κ3) is 2.78. The van der Waals surface area contributed by atoms with Gasteiger partial charge in [0.1, 0.15) is 5.39 Å². The summed E-state index contributed by atoms with van der Waals surface area (Å²) in [5.74, 6) is -0.531. The van der Waals surface area contributed by atoms with E-state index < -0.39 is 22.8 Å². The maximum absolute atomic E-state index is 12.4. The first-order chi connectivity index (χ1) is 9.97. The average molecular weight is 294 g/mol. The molecule has 2 aromatic heterocycles. The molecule has 21 heavy (non-hydrogen) atoms. The maximum atomic E-state index is 12.4. The molecule has 0 spiro atoms. The molecule has 0 saturated carbocycles. The SMILES string of the molecule is CCc1cc(=O)oc2[nH]c(=O)n(CCC(=O)OC)c(=O)c12. The second kappa shape index (κ2) is 5.78. The van der Waals surface area contributed by atoms with Crippen molar-refractivity contribution in [3.63, 3.8) is 0 Å². The molecule has 0 aliphatic carbocycles. The molecule has 0 aliphatic heterocycles. The summed E-state index contributed by atoms with van der Waals surface area (Å²) in [5.41, 5.74) is -1.65. The van der Waals surface area contributed by atoms with Crippen LogP contribution in [-0.4, -0.2) is 22.6 Å². The number of carbonyl (C=O) groups is 1. The predicted molar refractivity (Wildman–Crippen MR) is 73.4 cm³/mol. The van der Waals surface area contributed by atoms with Gasteiger partial charge < -0.3 is 9.15 Å². The molecule has 8 nitrogen and oxygen atoms in total. The van der Waals surface area contributed by atoms with Crippen LogP contribution < -0.4 is 16.9 Å². The molecular weight excluding hydrogens is 280 g/mol. The van der Waals surface area contributed by atoms with E-state index in [-0.39, 0.29) is 24.1 Å². The van der Waals surface area contributed by atoms with Crippen LogP contribution in [0.1, 0.15) is 18.9 Å². The molecule has 0 aliphatic rings. The Labute approximate surface area is 118 Å². The van der Waals surface area contributed by atoms with Crippen LogP contribution in [0.3, 0.4) is 0 Å². The minimum atomic E-state index is -0.743. The number of carbonyl (C=O) groups excluding carboxylic acids is 1. The van der Waals surface area contributed by atoms with E-state index in [1.54, 1.807) is 6.92 Å². The van der Waals surface area contributed by atoms with Crippen molar-refractivity contribution in [2.45, 2.75) is 26.3 Å². The van der Waals surface area contributed by atoms with Crippen molar-refractivity contribution in [1.82, 2.24) is 9.55 Å². The summed E-state index contributed by atoms with van der Waals surface area (Å²) in [6, 6.07) is 1.21. The minimum absolute atomic E-state index is 0.108. The number of aromatic nitrogens is 2. The Morgan fingerprint density at radius 3 is 2.71 bits per heavy atom. The maximum Gasteiger partial charge on any atom is 0.337 e. The zero-order valence-electron chi connectivity index (χ0n) is 11.6. The Morgan fingerprint density at radius 1 is 1.38 bits per heavy atom. The van der Waals surface area contributed by atoms with Crippen molar-refractivity contribution >= 4 is 17.1 Å². The van der Waals surface area contributed by atoms with Gasteiger partial charge in [-0.2, -0.15) is 0 Å². The van der Waals surface area contributed by atoms with Gasteiger partial charge in [-0.05, 0) is 12.0 Å². The van der Waals surface area contributed by atoms with E-state index in [0.29, 0.717) is 12.0 Å². The Bertz CT molecular complexity index is 858. The van der Waals surface area contributed by atoms with Gasteiger partial charge in [-0.15, -0.1) is 0 Å². The van der Waals surface area contributed by atoms with Crippen LogP contribution in [0, 0.1) is 0 Å². The van der Waals surface area contributed by atoms with Crippen molar-refractivity contribution in [1.29, 1.82) is 0 Å². The van der Waals surface area contributed by atoms with Crippen LogP contribution in [0.5, 0.6) is 0 Å². The molecule has 0 aromatic carbocycles. The highest BCUT2D eigenvalue weighted by molar-refractivity contribution is 5.75. The lowest BCUT2D eigenvalue weighted by Gasteiger charge is -2.07. The third-order valence-electron chi connectivity index (χ3n) is 3.12. The molecule has 0 unspecified atom stereocenters. The molecule has 0 fully saturated rings.